The molecule has 290 valence electrons. The van der Waals surface area contributed by atoms with Crippen molar-refractivity contribution in [3.05, 3.63) is 218 Å². The average Bonchev–Trinajstić information content (AvgIpc) is 4.02. The molecule has 0 aliphatic rings. The number of aromatic nitrogens is 1. The third-order valence-electron chi connectivity index (χ3n) is 12.6. The summed E-state index contributed by atoms with van der Waals surface area (Å²) < 4.78 is 11.6. The van der Waals surface area contributed by atoms with Crippen LogP contribution in [0.1, 0.15) is 0 Å². The molecule has 0 aliphatic carbocycles. The molecule has 3 nitrogen and oxygen atoms in total. The molecule has 0 saturated heterocycles. The Kier molecular flexibility index (Phi) is 7.78. The Balaban J connectivity index is 1.09. The zero-order valence-electron chi connectivity index (χ0n) is 33.5. The fraction of sp³-hybridized carbons (Fsp3) is 0. The first-order valence-corrected chi connectivity index (χ1v) is 21.9. The highest BCUT2D eigenvalue weighted by Crippen LogP contribution is 2.51. The van der Waals surface area contributed by atoms with Gasteiger partial charge in [0, 0.05) is 69.8 Å². The maximum atomic E-state index is 6.70. The van der Waals surface area contributed by atoms with Gasteiger partial charge in [0.05, 0.1) is 22.4 Å². The molecule has 0 bridgehead atoms. The molecule has 0 fully saturated rings. The Bertz CT molecular complexity index is 3830. The zero-order chi connectivity index (χ0) is 40.7. The van der Waals surface area contributed by atoms with E-state index in [1.807, 2.05) is 17.4 Å². The van der Waals surface area contributed by atoms with E-state index >= 15 is 0 Å². The fourth-order valence-electron chi connectivity index (χ4n) is 9.80. The maximum absolute atomic E-state index is 6.70. The number of hydrogen-bond donors (Lipinski definition) is 0. The standard InChI is InChI=1S/C58H36N2OS/c1-2-15-39-36-41(33-28-37(39)14-1)60(52-25-10-5-18-44(52)47-21-13-22-48-45-19-6-11-26-54(45)61-57(47)48)53-35-34-49-46-20-7-12-27-55(46)62-58(49)56(53)38-29-31-40(32-30-38)59-50-23-8-3-16-42(50)43-17-4-9-24-51(43)59/h1-36H. The van der Waals surface area contributed by atoms with Gasteiger partial charge in [-0.3, -0.25) is 0 Å². The summed E-state index contributed by atoms with van der Waals surface area (Å²) in [6.07, 6.45) is 0. The van der Waals surface area contributed by atoms with Crippen molar-refractivity contribution < 1.29 is 4.42 Å². The van der Waals surface area contributed by atoms with Gasteiger partial charge >= 0.3 is 0 Å². The molecule has 62 heavy (non-hydrogen) atoms. The molecule has 0 atom stereocenters. The molecule has 13 aromatic rings. The summed E-state index contributed by atoms with van der Waals surface area (Å²) in [5, 5.41) is 9.67. The van der Waals surface area contributed by atoms with Gasteiger partial charge in [0.1, 0.15) is 11.2 Å². The second-order valence-electron chi connectivity index (χ2n) is 16.0. The van der Waals surface area contributed by atoms with Crippen LogP contribution in [0.4, 0.5) is 17.1 Å². The Morgan fingerprint density at radius 3 is 1.89 bits per heavy atom. The van der Waals surface area contributed by atoms with Crippen molar-refractivity contribution in [3.8, 4) is 27.9 Å². The molecule has 0 amide bonds. The highest BCUT2D eigenvalue weighted by atomic mass is 32.1. The summed E-state index contributed by atoms with van der Waals surface area (Å²) in [5.74, 6) is 0. The van der Waals surface area contributed by atoms with Crippen LogP contribution in [-0.2, 0) is 0 Å². The molecule has 0 radical (unpaired) electrons. The number of fused-ring (bicyclic) bond motifs is 10. The minimum absolute atomic E-state index is 0.889. The molecule has 3 aromatic heterocycles. The minimum Gasteiger partial charge on any atom is -0.455 e. The van der Waals surface area contributed by atoms with Crippen LogP contribution < -0.4 is 4.90 Å². The second kappa shape index (κ2) is 13.8. The smallest absolute Gasteiger partial charge is 0.143 e. The lowest BCUT2D eigenvalue weighted by atomic mass is 9.96. The number of furan rings is 1. The van der Waals surface area contributed by atoms with Crippen molar-refractivity contribution in [2.75, 3.05) is 4.90 Å². The monoisotopic (exact) mass is 808 g/mol. The van der Waals surface area contributed by atoms with E-state index in [4.69, 9.17) is 4.42 Å². The lowest BCUT2D eigenvalue weighted by Crippen LogP contribution is -2.12. The number of rotatable bonds is 6. The molecule has 0 aliphatic heterocycles. The minimum atomic E-state index is 0.889. The Labute approximate surface area is 361 Å². The predicted molar refractivity (Wildman–Crippen MR) is 264 cm³/mol. The lowest BCUT2D eigenvalue weighted by molar-refractivity contribution is 0.670. The van der Waals surface area contributed by atoms with Gasteiger partial charge in [0.15, 0.2) is 0 Å². The average molecular weight is 809 g/mol. The van der Waals surface area contributed by atoms with Gasteiger partial charge in [-0.15, -0.1) is 11.3 Å². The Hall–Kier alpha value is -7.92. The number of benzene rings is 10. The van der Waals surface area contributed by atoms with Gasteiger partial charge in [-0.1, -0.05) is 158 Å². The van der Waals surface area contributed by atoms with E-state index in [-0.39, 0.29) is 0 Å². The van der Waals surface area contributed by atoms with Gasteiger partial charge in [-0.05, 0) is 77.0 Å². The normalized spacial score (nSPS) is 11.9. The molecule has 0 saturated carbocycles. The maximum Gasteiger partial charge on any atom is 0.143 e. The number of thiophene rings is 1. The number of anilines is 3. The molecule has 4 heteroatoms. The quantitative estimate of drug-likeness (QED) is 0.167. The molecule has 0 spiro atoms. The van der Waals surface area contributed by atoms with E-state index in [0.717, 1.165) is 61.4 Å². The predicted octanol–water partition coefficient (Wildman–Crippen LogP) is 17.0. The summed E-state index contributed by atoms with van der Waals surface area (Å²) in [7, 11) is 0. The topological polar surface area (TPSA) is 21.3 Å². The summed E-state index contributed by atoms with van der Waals surface area (Å²) in [6, 6.07) is 79.3. The molecule has 10 aromatic carbocycles. The van der Waals surface area contributed by atoms with E-state index in [1.54, 1.807) is 0 Å². The SMILES string of the molecule is c1ccc(N(c2ccc3ccccc3c2)c2ccc3c(sc4ccccc43)c2-c2ccc(-n3c4ccccc4c4ccccc43)cc2)c(-c2cccc3c2oc2ccccc23)c1. The van der Waals surface area contributed by atoms with Crippen molar-refractivity contribution in [3.63, 3.8) is 0 Å². The summed E-state index contributed by atoms with van der Waals surface area (Å²) in [5.41, 5.74) is 13.1. The van der Waals surface area contributed by atoms with E-state index in [2.05, 4.69) is 222 Å². The third-order valence-corrected chi connectivity index (χ3v) is 13.8. The van der Waals surface area contributed by atoms with Gasteiger partial charge in [0.25, 0.3) is 0 Å². The first-order valence-electron chi connectivity index (χ1n) is 21.1. The highest BCUT2D eigenvalue weighted by Gasteiger charge is 2.25. The van der Waals surface area contributed by atoms with E-state index < -0.39 is 0 Å². The molecule has 0 N–H and O–H groups in total. The Morgan fingerprint density at radius 1 is 0.419 bits per heavy atom. The summed E-state index contributed by atoms with van der Waals surface area (Å²) in [6.45, 7) is 0. The Morgan fingerprint density at radius 2 is 1.06 bits per heavy atom. The molecular formula is C58H36N2OS. The van der Waals surface area contributed by atoms with Crippen molar-refractivity contribution in [1.82, 2.24) is 4.57 Å². The van der Waals surface area contributed by atoms with E-state index in [1.165, 1.54) is 58.3 Å². The second-order valence-corrected chi connectivity index (χ2v) is 17.1. The first-order chi connectivity index (χ1) is 30.8. The number of nitrogens with zero attached hydrogens (tertiary/aromatic N) is 2. The lowest BCUT2D eigenvalue weighted by Gasteiger charge is -2.30. The van der Waals surface area contributed by atoms with E-state index in [0.29, 0.717) is 0 Å². The van der Waals surface area contributed by atoms with Gasteiger partial charge in [0.2, 0.25) is 0 Å². The molecular weight excluding hydrogens is 773 g/mol. The van der Waals surface area contributed by atoms with Gasteiger partial charge < -0.3 is 13.9 Å². The van der Waals surface area contributed by atoms with Crippen LogP contribution in [0.5, 0.6) is 0 Å². The van der Waals surface area contributed by atoms with Crippen LogP contribution in [0.2, 0.25) is 0 Å². The number of para-hydroxylation sites is 5. The van der Waals surface area contributed by atoms with Crippen molar-refractivity contribution in [2.24, 2.45) is 0 Å². The zero-order valence-corrected chi connectivity index (χ0v) is 34.3. The van der Waals surface area contributed by atoms with Gasteiger partial charge in [-0.2, -0.15) is 0 Å². The molecule has 13 rings (SSSR count). The largest absolute Gasteiger partial charge is 0.455 e. The van der Waals surface area contributed by atoms with Crippen LogP contribution in [-0.4, -0.2) is 4.57 Å². The first kappa shape index (κ1) is 34.9. The van der Waals surface area contributed by atoms with Crippen molar-refractivity contribution >= 4 is 103 Å². The third kappa shape index (κ3) is 5.30. The van der Waals surface area contributed by atoms with Crippen molar-refractivity contribution in [2.45, 2.75) is 0 Å². The van der Waals surface area contributed by atoms with Crippen LogP contribution in [0.3, 0.4) is 0 Å². The molecule has 3 heterocycles. The highest BCUT2D eigenvalue weighted by molar-refractivity contribution is 7.26. The number of hydrogen-bond acceptors (Lipinski definition) is 3. The summed E-state index contributed by atoms with van der Waals surface area (Å²) in [4.78, 5) is 2.48. The fourth-order valence-corrected chi connectivity index (χ4v) is 11.1. The van der Waals surface area contributed by atoms with Crippen LogP contribution >= 0.6 is 11.3 Å². The molecule has 0 unspecified atom stereocenters. The van der Waals surface area contributed by atoms with Crippen LogP contribution in [0, 0.1) is 0 Å². The van der Waals surface area contributed by atoms with Gasteiger partial charge in [-0.25, -0.2) is 0 Å². The summed E-state index contributed by atoms with van der Waals surface area (Å²) >= 11 is 1.87. The van der Waals surface area contributed by atoms with E-state index in [9.17, 15) is 0 Å². The van der Waals surface area contributed by atoms with Crippen LogP contribution in [0.15, 0.2) is 223 Å². The van der Waals surface area contributed by atoms with Crippen molar-refractivity contribution in [1.29, 1.82) is 0 Å². The van der Waals surface area contributed by atoms with Crippen LogP contribution in [0.25, 0.3) is 103 Å².